The van der Waals surface area contributed by atoms with Gasteiger partial charge in [0.1, 0.15) is 0 Å². The minimum Gasteiger partial charge on any atom is -0.409 e. The number of benzene rings is 1. The molecule has 0 aliphatic rings. The van der Waals surface area contributed by atoms with Crippen molar-refractivity contribution in [1.29, 1.82) is 0 Å². The standard InChI is InChI=1S/C12H20ClNOSi/c1-16(2,3)15-12(9-14)11-6-4-10(8-13)5-7-11/h4-7,12H,8-9,14H2,1-3H3. The summed E-state index contributed by atoms with van der Waals surface area (Å²) in [5, 5.41) is 0. The molecule has 1 rings (SSSR count). The van der Waals surface area contributed by atoms with Crippen molar-refractivity contribution in [2.75, 3.05) is 6.54 Å². The van der Waals surface area contributed by atoms with Crippen molar-refractivity contribution < 1.29 is 4.43 Å². The molecule has 1 atom stereocenters. The van der Waals surface area contributed by atoms with Gasteiger partial charge in [0.05, 0.1) is 6.10 Å². The van der Waals surface area contributed by atoms with E-state index in [4.69, 9.17) is 21.8 Å². The molecular weight excluding hydrogens is 238 g/mol. The van der Waals surface area contributed by atoms with Gasteiger partial charge in [-0.2, -0.15) is 0 Å². The zero-order chi connectivity index (χ0) is 12.2. The maximum absolute atomic E-state index is 6.03. The van der Waals surface area contributed by atoms with Crippen molar-refractivity contribution >= 4 is 19.9 Å². The van der Waals surface area contributed by atoms with Crippen LogP contribution in [0.25, 0.3) is 0 Å². The van der Waals surface area contributed by atoms with Gasteiger partial charge < -0.3 is 10.2 Å². The molecule has 2 nitrogen and oxygen atoms in total. The first-order valence-corrected chi connectivity index (χ1v) is 9.43. The SMILES string of the molecule is C[Si](C)(C)OC(CN)c1ccc(CCl)cc1. The molecule has 1 aromatic rings. The molecule has 0 radical (unpaired) electrons. The van der Waals surface area contributed by atoms with Crippen LogP contribution in [0.3, 0.4) is 0 Å². The van der Waals surface area contributed by atoms with E-state index < -0.39 is 8.32 Å². The van der Waals surface area contributed by atoms with Crippen LogP contribution in [0, 0.1) is 0 Å². The molecule has 2 N–H and O–H groups in total. The average molecular weight is 258 g/mol. The van der Waals surface area contributed by atoms with Gasteiger partial charge in [-0.3, -0.25) is 0 Å². The van der Waals surface area contributed by atoms with Crippen LogP contribution in [0.2, 0.25) is 19.6 Å². The minimum absolute atomic E-state index is 0.0102. The molecule has 16 heavy (non-hydrogen) atoms. The van der Waals surface area contributed by atoms with Crippen molar-refractivity contribution in [3.8, 4) is 0 Å². The molecule has 0 heterocycles. The van der Waals surface area contributed by atoms with E-state index in [0.717, 1.165) is 11.1 Å². The van der Waals surface area contributed by atoms with Crippen molar-refractivity contribution in [2.24, 2.45) is 5.73 Å². The highest BCUT2D eigenvalue weighted by Gasteiger charge is 2.21. The second-order valence-corrected chi connectivity index (χ2v) is 9.56. The van der Waals surface area contributed by atoms with Crippen LogP contribution < -0.4 is 5.73 Å². The average Bonchev–Trinajstić information content (AvgIpc) is 2.25. The van der Waals surface area contributed by atoms with Gasteiger partial charge in [-0.05, 0) is 30.8 Å². The van der Waals surface area contributed by atoms with E-state index in [1.807, 2.05) is 12.1 Å². The molecule has 0 aliphatic heterocycles. The molecule has 1 unspecified atom stereocenters. The van der Waals surface area contributed by atoms with Crippen LogP contribution in [0.5, 0.6) is 0 Å². The van der Waals surface area contributed by atoms with Crippen molar-refractivity contribution in [2.45, 2.75) is 31.6 Å². The van der Waals surface area contributed by atoms with E-state index in [1.165, 1.54) is 0 Å². The summed E-state index contributed by atoms with van der Waals surface area (Å²) in [7, 11) is -1.55. The zero-order valence-corrected chi connectivity index (χ0v) is 11.9. The van der Waals surface area contributed by atoms with Gasteiger partial charge in [-0.25, -0.2) is 0 Å². The molecule has 0 saturated carbocycles. The lowest BCUT2D eigenvalue weighted by Gasteiger charge is -2.25. The molecule has 0 bridgehead atoms. The summed E-state index contributed by atoms with van der Waals surface area (Å²) in [6.07, 6.45) is 0.0102. The fourth-order valence-corrected chi connectivity index (χ4v) is 2.76. The normalized spacial score (nSPS) is 13.8. The predicted molar refractivity (Wildman–Crippen MR) is 72.2 cm³/mol. The molecule has 90 valence electrons. The number of halogens is 1. The maximum Gasteiger partial charge on any atom is 0.184 e. The number of rotatable bonds is 5. The van der Waals surface area contributed by atoms with Crippen molar-refractivity contribution in [3.63, 3.8) is 0 Å². The van der Waals surface area contributed by atoms with Gasteiger partial charge in [0.15, 0.2) is 8.32 Å². The maximum atomic E-state index is 6.03. The Morgan fingerprint density at radius 3 is 2.19 bits per heavy atom. The van der Waals surface area contributed by atoms with Crippen LogP contribution in [-0.2, 0) is 10.3 Å². The minimum atomic E-state index is -1.55. The lowest BCUT2D eigenvalue weighted by atomic mass is 10.1. The monoisotopic (exact) mass is 257 g/mol. The summed E-state index contributed by atoms with van der Waals surface area (Å²) >= 11 is 5.75. The fourth-order valence-electron chi connectivity index (χ4n) is 1.50. The third-order valence-corrected chi connectivity index (χ3v) is 3.52. The smallest absolute Gasteiger partial charge is 0.184 e. The van der Waals surface area contributed by atoms with Gasteiger partial charge in [0, 0.05) is 12.4 Å². The molecule has 0 aliphatic carbocycles. The van der Waals surface area contributed by atoms with Gasteiger partial charge >= 0.3 is 0 Å². The number of alkyl halides is 1. The first-order valence-electron chi connectivity index (χ1n) is 5.49. The highest BCUT2D eigenvalue weighted by Crippen LogP contribution is 2.22. The largest absolute Gasteiger partial charge is 0.409 e. The summed E-state index contributed by atoms with van der Waals surface area (Å²) < 4.78 is 6.03. The van der Waals surface area contributed by atoms with Crippen molar-refractivity contribution in [3.05, 3.63) is 35.4 Å². The highest BCUT2D eigenvalue weighted by molar-refractivity contribution is 6.69. The summed E-state index contributed by atoms with van der Waals surface area (Å²) in [4.78, 5) is 0. The molecule has 1 aromatic carbocycles. The first-order chi connectivity index (χ1) is 7.46. The summed E-state index contributed by atoms with van der Waals surface area (Å²) in [5.74, 6) is 0.544. The van der Waals surface area contributed by atoms with Gasteiger partial charge in [0.25, 0.3) is 0 Å². The van der Waals surface area contributed by atoms with Gasteiger partial charge in [0.2, 0.25) is 0 Å². The number of hydrogen-bond donors (Lipinski definition) is 1. The molecule has 0 spiro atoms. The Labute approximate surface area is 104 Å². The molecule has 0 saturated heterocycles. The van der Waals surface area contributed by atoms with E-state index in [9.17, 15) is 0 Å². The molecular formula is C12H20ClNOSi. The lowest BCUT2D eigenvalue weighted by Crippen LogP contribution is -2.31. The first kappa shape index (κ1) is 13.7. The zero-order valence-electron chi connectivity index (χ0n) is 10.2. The van der Waals surface area contributed by atoms with Gasteiger partial charge in [-0.15, -0.1) is 11.6 Å². The fraction of sp³-hybridized carbons (Fsp3) is 0.500. The van der Waals surface area contributed by atoms with Crippen LogP contribution in [-0.4, -0.2) is 14.9 Å². The van der Waals surface area contributed by atoms with E-state index in [1.54, 1.807) is 0 Å². The third kappa shape index (κ3) is 4.26. The molecule has 0 aromatic heterocycles. The molecule has 4 heteroatoms. The van der Waals surface area contributed by atoms with Crippen LogP contribution in [0.4, 0.5) is 0 Å². The number of hydrogen-bond acceptors (Lipinski definition) is 2. The van der Waals surface area contributed by atoms with E-state index >= 15 is 0 Å². The van der Waals surface area contributed by atoms with Crippen molar-refractivity contribution in [1.82, 2.24) is 0 Å². The van der Waals surface area contributed by atoms with Crippen LogP contribution in [0.1, 0.15) is 17.2 Å². The Morgan fingerprint density at radius 1 is 1.25 bits per heavy atom. The Morgan fingerprint density at radius 2 is 1.81 bits per heavy atom. The third-order valence-electron chi connectivity index (χ3n) is 2.22. The van der Waals surface area contributed by atoms with E-state index in [-0.39, 0.29) is 6.10 Å². The van der Waals surface area contributed by atoms with E-state index in [2.05, 4.69) is 31.8 Å². The van der Waals surface area contributed by atoms with Gasteiger partial charge in [-0.1, -0.05) is 24.3 Å². The Kier molecular flexibility index (Phi) is 4.99. The quantitative estimate of drug-likeness (QED) is 0.649. The molecule has 0 amide bonds. The predicted octanol–water partition coefficient (Wildman–Crippen LogP) is 3.28. The van der Waals surface area contributed by atoms with Crippen LogP contribution >= 0.6 is 11.6 Å². The Balaban J connectivity index is 2.79. The number of nitrogens with two attached hydrogens (primary N) is 1. The Hall–Kier alpha value is -0.353. The lowest BCUT2D eigenvalue weighted by molar-refractivity contribution is 0.206. The summed E-state index contributed by atoms with van der Waals surface area (Å²) in [6, 6.07) is 8.15. The second kappa shape index (κ2) is 5.82. The Bertz CT molecular complexity index is 321. The van der Waals surface area contributed by atoms with Crippen LogP contribution in [0.15, 0.2) is 24.3 Å². The summed E-state index contributed by atoms with van der Waals surface area (Å²) in [6.45, 7) is 7.03. The molecule has 0 fully saturated rings. The van der Waals surface area contributed by atoms with E-state index in [0.29, 0.717) is 12.4 Å². The highest BCUT2D eigenvalue weighted by atomic mass is 35.5. The second-order valence-electron chi connectivity index (χ2n) is 4.83. The summed E-state index contributed by atoms with van der Waals surface area (Å²) in [5.41, 5.74) is 8.01. The topological polar surface area (TPSA) is 35.2 Å².